The van der Waals surface area contributed by atoms with E-state index in [1.54, 1.807) is 18.7 Å². The average Bonchev–Trinajstić information content (AvgIpc) is 2.82. The van der Waals surface area contributed by atoms with Crippen LogP contribution in [0.4, 0.5) is 0 Å². The number of carbonyl (C=O) groups is 2. The summed E-state index contributed by atoms with van der Waals surface area (Å²) in [4.78, 5) is 27.3. The zero-order valence-electron chi connectivity index (χ0n) is 13.9. The Morgan fingerprint density at radius 2 is 1.86 bits per heavy atom. The number of piperazine rings is 1. The van der Waals surface area contributed by atoms with E-state index in [2.05, 4.69) is 12.2 Å². The van der Waals surface area contributed by atoms with Crippen molar-refractivity contribution >= 4 is 11.8 Å². The summed E-state index contributed by atoms with van der Waals surface area (Å²) in [7, 11) is 0. The van der Waals surface area contributed by atoms with Gasteiger partial charge < -0.3 is 15.0 Å². The Morgan fingerprint density at radius 1 is 1.24 bits per heavy atom. The largest absolute Gasteiger partial charge is 0.373 e. The van der Waals surface area contributed by atoms with Crippen molar-refractivity contribution in [2.24, 2.45) is 0 Å². The van der Waals surface area contributed by atoms with Gasteiger partial charge in [0.05, 0.1) is 12.2 Å². The molecule has 5 nitrogen and oxygen atoms in total. The van der Waals surface area contributed by atoms with Gasteiger partial charge in [0.2, 0.25) is 11.8 Å². The molecule has 2 atom stereocenters. The fraction of sp³-hybridized carbons (Fsp3) is 0.875. The highest BCUT2D eigenvalue weighted by Gasteiger charge is 2.54. The Kier molecular flexibility index (Phi) is 4.34. The molecule has 0 aliphatic carbocycles. The third kappa shape index (κ3) is 2.68. The lowest BCUT2D eigenvalue weighted by molar-refractivity contribution is -0.165. The van der Waals surface area contributed by atoms with E-state index in [0.29, 0.717) is 19.4 Å². The maximum absolute atomic E-state index is 12.9. The molecule has 2 aliphatic heterocycles. The van der Waals surface area contributed by atoms with Gasteiger partial charge in [-0.05, 0) is 46.5 Å². The maximum atomic E-state index is 12.9. The first-order valence-corrected chi connectivity index (χ1v) is 8.07. The second kappa shape index (κ2) is 5.59. The third-order valence-corrected chi connectivity index (χ3v) is 5.02. The molecule has 2 aliphatic rings. The fourth-order valence-electron chi connectivity index (χ4n) is 3.54. The lowest BCUT2D eigenvalue weighted by atomic mass is 9.82. The molecule has 21 heavy (non-hydrogen) atoms. The predicted octanol–water partition coefficient (Wildman–Crippen LogP) is 1.85. The summed E-state index contributed by atoms with van der Waals surface area (Å²) in [5.74, 6) is -0.0444. The topological polar surface area (TPSA) is 58.6 Å². The van der Waals surface area contributed by atoms with Gasteiger partial charge in [-0.25, -0.2) is 0 Å². The number of hydrogen-bond acceptors (Lipinski definition) is 3. The zero-order chi connectivity index (χ0) is 15.8. The number of rotatable bonds is 4. The van der Waals surface area contributed by atoms with E-state index in [4.69, 9.17) is 4.74 Å². The first-order valence-electron chi connectivity index (χ1n) is 8.07. The smallest absolute Gasteiger partial charge is 0.248 e. The van der Waals surface area contributed by atoms with Crippen LogP contribution >= 0.6 is 0 Å². The van der Waals surface area contributed by atoms with Crippen molar-refractivity contribution in [1.29, 1.82) is 0 Å². The number of ether oxygens (including phenoxy) is 1. The van der Waals surface area contributed by atoms with Crippen LogP contribution in [-0.2, 0) is 14.3 Å². The van der Waals surface area contributed by atoms with E-state index in [1.807, 2.05) is 13.8 Å². The molecule has 2 rings (SSSR count). The minimum Gasteiger partial charge on any atom is -0.373 e. The van der Waals surface area contributed by atoms with E-state index in [-0.39, 0.29) is 24.0 Å². The van der Waals surface area contributed by atoms with Crippen LogP contribution in [-0.4, -0.2) is 46.5 Å². The number of amides is 2. The van der Waals surface area contributed by atoms with Crippen LogP contribution in [0.3, 0.4) is 0 Å². The molecule has 0 bridgehead atoms. The molecule has 0 aromatic heterocycles. The monoisotopic (exact) mass is 296 g/mol. The molecule has 2 heterocycles. The quantitative estimate of drug-likeness (QED) is 0.861. The summed E-state index contributed by atoms with van der Waals surface area (Å²) in [5.41, 5.74) is -1.57. The maximum Gasteiger partial charge on any atom is 0.248 e. The molecule has 5 heteroatoms. The number of carbonyl (C=O) groups excluding carboxylic acids is 2. The van der Waals surface area contributed by atoms with Crippen LogP contribution in [0.25, 0.3) is 0 Å². The lowest BCUT2D eigenvalue weighted by Gasteiger charge is -2.51. The third-order valence-electron chi connectivity index (χ3n) is 5.02. The van der Waals surface area contributed by atoms with Crippen molar-refractivity contribution in [3.05, 3.63) is 0 Å². The minimum atomic E-state index is -0.838. The lowest BCUT2D eigenvalue weighted by Crippen LogP contribution is -2.74. The average molecular weight is 296 g/mol. The second-order valence-electron chi connectivity index (χ2n) is 6.88. The summed E-state index contributed by atoms with van der Waals surface area (Å²) < 4.78 is 5.87. The molecular formula is C16H28N2O3. The number of nitrogens with zero attached hydrogens (tertiary/aromatic N) is 1. The molecule has 2 amide bonds. The summed E-state index contributed by atoms with van der Waals surface area (Å²) in [5, 5.41) is 2.89. The Balaban J connectivity index is 2.29. The highest BCUT2D eigenvalue weighted by molar-refractivity contribution is 6.01. The van der Waals surface area contributed by atoms with Crippen molar-refractivity contribution in [3.8, 4) is 0 Å². The Morgan fingerprint density at radius 3 is 2.33 bits per heavy atom. The van der Waals surface area contributed by atoms with Gasteiger partial charge in [-0.2, -0.15) is 0 Å². The minimum absolute atomic E-state index is 0.00560. The van der Waals surface area contributed by atoms with Gasteiger partial charge >= 0.3 is 0 Å². The molecule has 2 unspecified atom stereocenters. The van der Waals surface area contributed by atoms with Gasteiger partial charge in [0, 0.05) is 6.54 Å². The zero-order valence-corrected chi connectivity index (χ0v) is 13.9. The first kappa shape index (κ1) is 16.3. The molecule has 0 saturated carbocycles. The van der Waals surface area contributed by atoms with Crippen LogP contribution < -0.4 is 5.32 Å². The van der Waals surface area contributed by atoms with Crippen molar-refractivity contribution in [2.45, 2.75) is 83.6 Å². The number of nitrogens with one attached hydrogen (secondary N) is 1. The van der Waals surface area contributed by atoms with Gasteiger partial charge in [0.15, 0.2) is 0 Å². The first-order chi connectivity index (χ1) is 9.76. The fourth-order valence-corrected chi connectivity index (χ4v) is 3.54. The Hall–Kier alpha value is -1.10. The SMILES string of the molecule is CCC1(CC)C(=O)NC(C)(C)C(=O)N1CC1CCC(C)O1. The molecule has 120 valence electrons. The van der Waals surface area contributed by atoms with E-state index < -0.39 is 11.1 Å². The number of hydrogen-bond donors (Lipinski definition) is 1. The van der Waals surface area contributed by atoms with Crippen LogP contribution in [0.5, 0.6) is 0 Å². The molecule has 1 N–H and O–H groups in total. The Labute approximate surface area is 127 Å². The Bertz CT molecular complexity index is 429. The summed E-state index contributed by atoms with van der Waals surface area (Å²) in [6.07, 6.45) is 3.51. The molecule has 2 fully saturated rings. The van der Waals surface area contributed by atoms with E-state index >= 15 is 0 Å². The van der Waals surface area contributed by atoms with E-state index in [1.165, 1.54) is 0 Å². The molecule has 2 saturated heterocycles. The molecule has 0 spiro atoms. The van der Waals surface area contributed by atoms with E-state index in [0.717, 1.165) is 12.8 Å². The van der Waals surface area contributed by atoms with Crippen molar-refractivity contribution < 1.29 is 14.3 Å². The van der Waals surface area contributed by atoms with Crippen LogP contribution in [0.15, 0.2) is 0 Å². The highest BCUT2D eigenvalue weighted by Crippen LogP contribution is 2.33. The highest BCUT2D eigenvalue weighted by atomic mass is 16.5. The normalized spacial score (nSPS) is 31.4. The van der Waals surface area contributed by atoms with Crippen LogP contribution in [0.2, 0.25) is 0 Å². The predicted molar refractivity (Wildman–Crippen MR) is 80.8 cm³/mol. The standard InChI is InChI=1S/C16H28N2O3/c1-6-16(7-2)13(19)17-15(4,5)14(20)18(16)10-12-9-8-11(3)21-12/h11-12H,6-10H2,1-5H3,(H,17,19). The van der Waals surface area contributed by atoms with Crippen molar-refractivity contribution in [3.63, 3.8) is 0 Å². The van der Waals surface area contributed by atoms with Crippen LogP contribution in [0.1, 0.15) is 60.3 Å². The molecule has 0 aromatic carbocycles. The summed E-state index contributed by atoms with van der Waals surface area (Å²) in [6.45, 7) is 10.1. The van der Waals surface area contributed by atoms with Gasteiger partial charge in [-0.1, -0.05) is 13.8 Å². The van der Waals surface area contributed by atoms with Crippen molar-refractivity contribution in [2.75, 3.05) is 6.54 Å². The molecule has 0 aromatic rings. The summed E-state index contributed by atoms with van der Waals surface area (Å²) >= 11 is 0. The van der Waals surface area contributed by atoms with Gasteiger partial charge in [0.1, 0.15) is 11.1 Å². The van der Waals surface area contributed by atoms with Gasteiger partial charge in [0.25, 0.3) is 0 Å². The second-order valence-corrected chi connectivity index (χ2v) is 6.88. The van der Waals surface area contributed by atoms with Crippen LogP contribution in [0, 0.1) is 0 Å². The molecule has 0 radical (unpaired) electrons. The van der Waals surface area contributed by atoms with E-state index in [9.17, 15) is 9.59 Å². The van der Waals surface area contributed by atoms with Crippen molar-refractivity contribution in [1.82, 2.24) is 10.2 Å². The van der Waals surface area contributed by atoms with Gasteiger partial charge in [-0.3, -0.25) is 9.59 Å². The molecular weight excluding hydrogens is 268 g/mol. The van der Waals surface area contributed by atoms with Gasteiger partial charge in [-0.15, -0.1) is 0 Å². The summed E-state index contributed by atoms with van der Waals surface area (Å²) in [6, 6.07) is 0.